The monoisotopic (exact) mass is 580 g/mol. The molecule has 0 spiro atoms. The molecule has 0 aromatic heterocycles. The van der Waals surface area contributed by atoms with E-state index >= 15 is 4.39 Å². The van der Waals surface area contributed by atoms with E-state index in [9.17, 15) is 8.78 Å². The van der Waals surface area contributed by atoms with Gasteiger partial charge < -0.3 is 14.2 Å². The van der Waals surface area contributed by atoms with Crippen LogP contribution in [0.15, 0.2) is 66.9 Å². The standard InChI is InChI=1S/C36H43F3O3/c1-3-5-6-7-8-9-10-22-41-34-20-19-32(35(38)36(34)39)27-13-11-26(12-14-27)28-16-18-31(33(37)23-28)29-15-17-30(42-24-29)25-40-21-4-2/h4,11-14,16,18-21,23,29-30H,3,5-10,15,17,22,24-25H2,1-2H3. The molecule has 1 aliphatic heterocycles. The van der Waals surface area contributed by atoms with E-state index in [2.05, 4.69) is 6.92 Å². The van der Waals surface area contributed by atoms with Crippen LogP contribution in [-0.2, 0) is 9.47 Å². The first-order chi connectivity index (χ1) is 20.5. The van der Waals surface area contributed by atoms with Gasteiger partial charge in [-0.15, -0.1) is 0 Å². The summed E-state index contributed by atoms with van der Waals surface area (Å²) in [6.07, 6.45) is 13.1. The number of halogens is 3. The van der Waals surface area contributed by atoms with Gasteiger partial charge in [-0.05, 0) is 66.6 Å². The average molecular weight is 581 g/mol. The fourth-order valence-electron chi connectivity index (χ4n) is 5.43. The molecule has 3 aromatic rings. The molecule has 3 nitrogen and oxygen atoms in total. The largest absolute Gasteiger partial charge is 0.499 e. The van der Waals surface area contributed by atoms with Crippen molar-refractivity contribution in [2.24, 2.45) is 0 Å². The van der Waals surface area contributed by atoms with Gasteiger partial charge >= 0.3 is 0 Å². The summed E-state index contributed by atoms with van der Waals surface area (Å²) in [7, 11) is 0. The first-order valence-electron chi connectivity index (χ1n) is 15.4. The average Bonchev–Trinajstić information content (AvgIpc) is 3.01. The fourth-order valence-corrected chi connectivity index (χ4v) is 5.43. The maximum atomic E-state index is 15.1. The van der Waals surface area contributed by atoms with Crippen molar-refractivity contribution in [3.63, 3.8) is 0 Å². The van der Waals surface area contributed by atoms with Crippen molar-refractivity contribution in [1.29, 1.82) is 0 Å². The maximum Gasteiger partial charge on any atom is 0.201 e. The lowest BCUT2D eigenvalue weighted by Crippen LogP contribution is -2.28. The maximum absolute atomic E-state index is 15.1. The van der Waals surface area contributed by atoms with Crippen LogP contribution < -0.4 is 4.74 Å². The molecule has 0 amide bonds. The van der Waals surface area contributed by atoms with Crippen molar-refractivity contribution < 1.29 is 27.4 Å². The molecule has 1 heterocycles. The SMILES string of the molecule is CC=COCC1CCC(c2ccc(-c3ccc(-c4ccc(OCCCCCCCCC)c(F)c4F)cc3)cc2F)CO1. The summed E-state index contributed by atoms with van der Waals surface area (Å²) >= 11 is 0. The third-order valence-electron chi connectivity index (χ3n) is 7.91. The predicted octanol–water partition coefficient (Wildman–Crippen LogP) is 10.4. The number of ether oxygens (including phenoxy) is 3. The Morgan fingerprint density at radius 3 is 2.21 bits per heavy atom. The van der Waals surface area contributed by atoms with Gasteiger partial charge in [0.2, 0.25) is 5.82 Å². The third kappa shape index (κ3) is 8.64. The van der Waals surface area contributed by atoms with Crippen LogP contribution in [0.2, 0.25) is 0 Å². The molecule has 2 unspecified atom stereocenters. The van der Waals surface area contributed by atoms with Crippen LogP contribution in [0.3, 0.4) is 0 Å². The zero-order valence-electron chi connectivity index (χ0n) is 24.8. The summed E-state index contributed by atoms with van der Waals surface area (Å²) in [5.74, 6) is -2.23. The second kappa shape index (κ2) is 16.4. The van der Waals surface area contributed by atoms with Crippen LogP contribution in [0, 0.1) is 17.5 Å². The number of hydrogen-bond acceptors (Lipinski definition) is 3. The third-order valence-corrected chi connectivity index (χ3v) is 7.91. The van der Waals surface area contributed by atoms with Gasteiger partial charge in [0.25, 0.3) is 0 Å². The van der Waals surface area contributed by atoms with Gasteiger partial charge in [0, 0.05) is 11.5 Å². The van der Waals surface area contributed by atoms with E-state index in [1.807, 2.05) is 25.1 Å². The summed E-state index contributed by atoms with van der Waals surface area (Å²) in [6, 6.07) is 15.3. The number of allylic oxidation sites excluding steroid dienone is 1. The number of benzene rings is 3. The molecular formula is C36H43F3O3. The minimum atomic E-state index is -0.972. The van der Waals surface area contributed by atoms with Crippen LogP contribution in [0.4, 0.5) is 13.2 Å². The predicted molar refractivity (Wildman–Crippen MR) is 163 cm³/mol. The van der Waals surface area contributed by atoms with Crippen LogP contribution in [0.5, 0.6) is 5.75 Å². The Kier molecular flexibility index (Phi) is 12.4. The Labute approximate surface area is 248 Å². The molecule has 3 aromatic carbocycles. The van der Waals surface area contributed by atoms with Gasteiger partial charge in [-0.2, -0.15) is 4.39 Å². The van der Waals surface area contributed by atoms with Crippen LogP contribution in [-0.4, -0.2) is 25.9 Å². The molecule has 1 saturated heterocycles. The molecule has 1 fully saturated rings. The summed E-state index contributed by atoms with van der Waals surface area (Å²) in [5.41, 5.74) is 2.86. The van der Waals surface area contributed by atoms with E-state index < -0.39 is 11.6 Å². The molecule has 4 rings (SSSR count). The summed E-state index contributed by atoms with van der Waals surface area (Å²) < 4.78 is 61.7. The van der Waals surface area contributed by atoms with Gasteiger partial charge in [0.1, 0.15) is 12.4 Å². The van der Waals surface area contributed by atoms with E-state index in [0.717, 1.165) is 43.2 Å². The Hall–Kier alpha value is -3.25. The Morgan fingerprint density at radius 1 is 0.810 bits per heavy atom. The van der Waals surface area contributed by atoms with Crippen LogP contribution in [0.25, 0.3) is 22.3 Å². The second-order valence-electron chi connectivity index (χ2n) is 11.1. The van der Waals surface area contributed by atoms with E-state index in [-0.39, 0.29) is 29.2 Å². The van der Waals surface area contributed by atoms with Crippen molar-refractivity contribution >= 4 is 0 Å². The molecular weight excluding hydrogens is 537 g/mol. The highest BCUT2D eigenvalue weighted by atomic mass is 19.2. The Balaban J connectivity index is 1.33. The normalized spacial score (nSPS) is 17.1. The van der Waals surface area contributed by atoms with E-state index in [0.29, 0.717) is 30.9 Å². The van der Waals surface area contributed by atoms with Crippen molar-refractivity contribution in [2.45, 2.75) is 83.7 Å². The quantitative estimate of drug-likeness (QED) is 0.132. The lowest BCUT2D eigenvalue weighted by molar-refractivity contribution is -0.0307. The summed E-state index contributed by atoms with van der Waals surface area (Å²) in [5, 5.41) is 0. The Morgan fingerprint density at radius 2 is 1.52 bits per heavy atom. The van der Waals surface area contributed by atoms with E-state index in [1.165, 1.54) is 37.8 Å². The molecule has 0 saturated carbocycles. The molecule has 0 radical (unpaired) electrons. The lowest BCUT2D eigenvalue weighted by atomic mass is 9.89. The van der Waals surface area contributed by atoms with Crippen LogP contribution >= 0.6 is 0 Å². The van der Waals surface area contributed by atoms with E-state index in [1.54, 1.807) is 36.6 Å². The lowest BCUT2D eigenvalue weighted by Gasteiger charge is -2.29. The van der Waals surface area contributed by atoms with Crippen molar-refractivity contribution in [2.75, 3.05) is 19.8 Å². The van der Waals surface area contributed by atoms with Crippen molar-refractivity contribution in [3.8, 4) is 28.0 Å². The van der Waals surface area contributed by atoms with Gasteiger partial charge in [-0.1, -0.05) is 87.9 Å². The molecule has 2 atom stereocenters. The summed E-state index contributed by atoms with van der Waals surface area (Å²) in [6.45, 7) is 5.42. The van der Waals surface area contributed by atoms with Gasteiger partial charge in [0.15, 0.2) is 11.6 Å². The number of rotatable bonds is 15. The number of unbranched alkanes of at least 4 members (excludes halogenated alkanes) is 6. The summed E-state index contributed by atoms with van der Waals surface area (Å²) in [4.78, 5) is 0. The topological polar surface area (TPSA) is 27.7 Å². The smallest absolute Gasteiger partial charge is 0.201 e. The molecule has 0 aliphatic carbocycles. The zero-order valence-corrected chi connectivity index (χ0v) is 24.8. The fraction of sp³-hybridized carbons (Fsp3) is 0.444. The minimum absolute atomic E-state index is 0.000217. The molecule has 226 valence electrons. The molecule has 0 N–H and O–H groups in total. The van der Waals surface area contributed by atoms with Gasteiger partial charge in [-0.25, -0.2) is 8.78 Å². The van der Waals surface area contributed by atoms with Crippen molar-refractivity contribution in [3.05, 3.63) is 90.0 Å². The first-order valence-corrected chi connectivity index (χ1v) is 15.4. The minimum Gasteiger partial charge on any atom is -0.499 e. The molecule has 0 bridgehead atoms. The van der Waals surface area contributed by atoms with Crippen LogP contribution in [0.1, 0.15) is 83.1 Å². The van der Waals surface area contributed by atoms with Gasteiger partial charge in [-0.3, -0.25) is 0 Å². The van der Waals surface area contributed by atoms with Gasteiger partial charge in [0.05, 0.1) is 25.6 Å². The first kappa shape index (κ1) is 31.7. The molecule has 42 heavy (non-hydrogen) atoms. The number of hydrogen-bond donors (Lipinski definition) is 0. The zero-order chi connectivity index (χ0) is 29.7. The second-order valence-corrected chi connectivity index (χ2v) is 11.1. The molecule has 1 aliphatic rings. The highest BCUT2D eigenvalue weighted by Crippen LogP contribution is 2.34. The van der Waals surface area contributed by atoms with E-state index in [4.69, 9.17) is 14.2 Å². The Bertz CT molecular complexity index is 1280. The highest BCUT2D eigenvalue weighted by molar-refractivity contribution is 5.71. The highest BCUT2D eigenvalue weighted by Gasteiger charge is 2.25. The molecule has 6 heteroatoms. The van der Waals surface area contributed by atoms with Crippen molar-refractivity contribution in [1.82, 2.24) is 0 Å².